The van der Waals surface area contributed by atoms with Gasteiger partial charge in [0.05, 0.1) is 26.1 Å². The Hall–Kier alpha value is -1.58. The Balaban J connectivity index is 3.42. The van der Waals surface area contributed by atoms with Gasteiger partial charge in [0.15, 0.2) is 0 Å². The van der Waals surface area contributed by atoms with Crippen molar-refractivity contribution >= 4 is 11.9 Å². The zero-order valence-electron chi connectivity index (χ0n) is 23.9. The molecule has 0 amide bonds. The Morgan fingerprint density at radius 1 is 0.444 bits per heavy atom. The van der Waals surface area contributed by atoms with Crippen molar-refractivity contribution in [3.63, 3.8) is 0 Å². The van der Waals surface area contributed by atoms with Crippen LogP contribution in [-0.4, -0.2) is 25.2 Å². The number of hydrogen-bond donors (Lipinski definition) is 0. The maximum atomic E-state index is 11.8. The highest BCUT2D eigenvalue weighted by molar-refractivity contribution is 5.77. The lowest BCUT2D eigenvalue weighted by atomic mass is 10.1. The van der Waals surface area contributed by atoms with Crippen LogP contribution >= 0.6 is 0 Å². The molecule has 0 saturated carbocycles. The second kappa shape index (κ2) is 29.6. The summed E-state index contributed by atoms with van der Waals surface area (Å²) in [7, 11) is 0. The van der Waals surface area contributed by atoms with Gasteiger partial charge < -0.3 is 9.47 Å². The van der Waals surface area contributed by atoms with Crippen LogP contribution in [0.15, 0.2) is 24.3 Å². The van der Waals surface area contributed by atoms with Crippen molar-refractivity contribution in [2.75, 3.05) is 13.2 Å². The van der Waals surface area contributed by atoms with Crippen LogP contribution in [0.25, 0.3) is 0 Å². The predicted molar refractivity (Wildman–Crippen MR) is 153 cm³/mol. The van der Waals surface area contributed by atoms with Gasteiger partial charge in [0, 0.05) is 0 Å². The Labute approximate surface area is 223 Å². The van der Waals surface area contributed by atoms with Gasteiger partial charge in [0.2, 0.25) is 0 Å². The van der Waals surface area contributed by atoms with Crippen LogP contribution in [0.3, 0.4) is 0 Å². The Morgan fingerprint density at radius 2 is 0.750 bits per heavy atom. The molecule has 0 atom stereocenters. The summed E-state index contributed by atoms with van der Waals surface area (Å²) in [4.78, 5) is 23.5. The molecule has 0 fully saturated rings. The first-order valence-electron chi connectivity index (χ1n) is 15.3. The highest BCUT2D eigenvalue weighted by atomic mass is 16.5. The van der Waals surface area contributed by atoms with Crippen molar-refractivity contribution in [1.29, 1.82) is 0 Å². The molecule has 0 N–H and O–H groups in total. The molecule has 4 heteroatoms. The van der Waals surface area contributed by atoms with Crippen LogP contribution in [-0.2, 0) is 19.1 Å². The lowest BCUT2D eigenvalue weighted by molar-refractivity contribution is -0.150. The zero-order valence-corrected chi connectivity index (χ0v) is 23.9. The van der Waals surface area contributed by atoms with Crippen LogP contribution in [0.2, 0.25) is 0 Å². The molecule has 0 aliphatic heterocycles. The van der Waals surface area contributed by atoms with Crippen molar-refractivity contribution in [2.45, 2.75) is 155 Å². The smallest absolute Gasteiger partial charge is 0.306 e. The van der Waals surface area contributed by atoms with Crippen molar-refractivity contribution in [3.05, 3.63) is 24.3 Å². The minimum absolute atomic E-state index is 0.0923. The van der Waals surface area contributed by atoms with E-state index >= 15 is 0 Å². The van der Waals surface area contributed by atoms with Gasteiger partial charge in [0.25, 0.3) is 0 Å². The van der Waals surface area contributed by atoms with E-state index in [1.807, 2.05) is 0 Å². The summed E-state index contributed by atoms with van der Waals surface area (Å²) in [5.74, 6) is -0.651. The first-order chi connectivity index (χ1) is 17.7. The second-order valence-corrected chi connectivity index (χ2v) is 9.99. The number of esters is 2. The molecule has 0 rings (SSSR count). The summed E-state index contributed by atoms with van der Waals surface area (Å²) < 4.78 is 10.4. The molecule has 210 valence electrons. The van der Waals surface area contributed by atoms with Crippen molar-refractivity contribution in [2.24, 2.45) is 0 Å². The maximum absolute atomic E-state index is 11.8. The van der Waals surface area contributed by atoms with Crippen molar-refractivity contribution in [1.82, 2.24) is 0 Å². The van der Waals surface area contributed by atoms with Crippen molar-refractivity contribution in [3.8, 4) is 0 Å². The minimum Gasteiger partial charge on any atom is -0.465 e. The topological polar surface area (TPSA) is 52.6 Å². The molecule has 0 unspecified atom stereocenters. The summed E-state index contributed by atoms with van der Waals surface area (Å²) in [5, 5.41) is 0. The summed E-state index contributed by atoms with van der Waals surface area (Å²) in [6.07, 6.45) is 33.8. The van der Waals surface area contributed by atoms with Gasteiger partial charge in [-0.3, -0.25) is 9.59 Å². The average molecular weight is 507 g/mol. The summed E-state index contributed by atoms with van der Waals surface area (Å²) >= 11 is 0. The van der Waals surface area contributed by atoms with Crippen LogP contribution in [0.5, 0.6) is 0 Å². The highest BCUT2D eigenvalue weighted by Crippen LogP contribution is 2.11. The molecule has 36 heavy (non-hydrogen) atoms. The van der Waals surface area contributed by atoms with E-state index in [2.05, 4.69) is 38.2 Å². The zero-order chi connectivity index (χ0) is 26.4. The van der Waals surface area contributed by atoms with E-state index < -0.39 is 0 Å². The minimum atomic E-state index is -0.325. The number of carbonyl (C=O) groups is 2. The average Bonchev–Trinajstić information content (AvgIpc) is 2.88. The van der Waals surface area contributed by atoms with E-state index in [9.17, 15) is 9.59 Å². The number of hydrogen-bond acceptors (Lipinski definition) is 4. The van der Waals surface area contributed by atoms with Crippen molar-refractivity contribution < 1.29 is 19.1 Å². The molecule has 0 saturated heterocycles. The second-order valence-electron chi connectivity index (χ2n) is 9.99. The molecule has 0 bridgehead atoms. The number of unbranched alkanes of at least 4 members (excludes halogenated alkanes) is 16. The SMILES string of the molecule is CCCCCCCCCC/C=C/CCOC(=O)CCC(=O)OCC/C=C/CCCCCCCCCC. The van der Waals surface area contributed by atoms with Crippen LogP contribution < -0.4 is 0 Å². The molecule has 0 aromatic rings. The lowest BCUT2D eigenvalue weighted by Gasteiger charge is -2.04. The highest BCUT2D eigenvalue weighted by Gasteiger charge is 2.08. The Morgan fingerprint density at radius 3 is 1.11 bits per heavy atom. The Bertz CT molecular complexity index is 490. The number of allylic oxidation sites excluding steroid dienone is 2. The fraction of sp³-hybridized carbons (Fsp3) is 0.812. The first-order valence-corrected chi connectivity index (χ1v) is 15.3. The van der Waals surface area contributed by atoms with Crippen LogP contribution in [0, 0.1) is 0 Å². The quantitative estimate of drug-likeness (QED) is 0.0632. The number of ether oxygens (including phenoxy) is 2. The van der Waals surface area contributed by atoms with E-state index in [0.717, 1.165) is 25.7 Å². The largest absolute Gasteiger partial charge is 0.465 e. The van der Waals surface area contributed by atoms with Gasteiger partial charge in [0.1, 0.15) is 0 Å². The third-order valence-electron chi connectivity index (χ3n) is 6.41. The molecule has 0 aromatic carbocycles. The fourth-order valence-corrected chi connectivity index (χ4v) is 4.09. The third kappa shape index (κ3) is 28.7. The van der Waals surface area contributed by atoms with E-state index in [4.69, 9.17) is 9.47 Å². The number of rotatable bonds is 27. The normalized spacial score (nSPS) is 11.5. The molecule has 0 spiro atoms. The van der Waals surface area contributed by atoms with E-state index in [1.54, 1.807) is 0 Å². The van der Waals surface area contributed by atoms with E-state index in [0.29, 0.717) is 13.2 Å². The molecule has 0 radical (unpaired) electrons. The first kappa shape index (κ1) is 34.4. The van der Waals surface area contributed by atoms with E-state index in [-0.39, 0.29) is 24.8 Å². The molecule has 0 heterocycles. The molecule has 4 nitrogen and oxygen atoms in total. The standard InChI is InChI=1S/C32H58O4/c1-3-5-7-9-11-13-15-17-19-21-23-25-29-35-31(33)27-28-32(34)36-30-26-24-22-20-18-16-14-12-10-8-6-4-2/h21-24H,3-20,25-30H2,1-2H3/b23-21+,24-22+. The Kier molecular flexibility index (Phi) is 28.3. The lowest BCUT2D eigenvalue weighted by Crippen LogP contribution is -2.11. The summed E-state index contributed by atoms with van der Waals surface area (Å²) in [6.45, 7) is 5.27. The van der Waals surface area contributed by atoms with Gasteiger partial charge in [-0.1, -0.05) is 128 Å². The summed E-state index contributed by atoms with van der Waals surface area (Å²) in [6, 6.07) is 0. The number of carbonyl (C=O) groups excluding carboxylic acids is 2. The van der Waals surface area contributed by atoms with Gasteiger partial charge in [-0.2, -0.15) is 0 Å². The predicted octanol–water partition coefficient (Wildman–Crippen LogP) is 9.81. The van der Waals surface area contributed by atoms with E-state index in [1.165, 1.54) is 103 Å². The van der Waals surface area contributed by atoms with Gasteiger partial charge in [-0.25, -0.2) is 0 Å². The van der Waals surface area contributed by atoms with Crippen LogP contribution in [0.4, 0.5) is 0 Å². The van der Waals surface area contributed by atoms with Gasteiger partial charge in [-0.05, 0) is 38.5 Å². The molecule has 0 aromatic heterocycles. The van der Waals surface area contributed by atoms with Gasteiger partial charge >= 0.3 is 11.9 Å². The van der Waals surface area contributed by atoms with Gasteiger partial charge in [-0.15, -0.1) is 0 Å². The molecular formula is C32H58O4. The summed E-state index contributed by atoms with van der Waals surface area (Å²) in [5.41, 5.74) is 0. The molecule has 0 aliphatic carbocycles. The maximum Gasteiger partial charge on any atom is 0.306 e. The molecular weight excluding hydrogens is 448 g/mol. The fourth-order valence-electron chi connectivity index (χ4n) is 4.09. The third-order valence-corrected chi connectivity index (χ3v) is 6.41. The van der Waals surface area contributed by atoms with Crippen LogP contribution in [0.1, 0.15) is 155 Å². The monoisotopic (exact) mass is 506 g/mol. The molecule has 0 aliphatic rings.